The minimum absolute atomic E-state index is 0.216. The van der Waals surface area contributed by atoms with Crippen molar-refractivity contribution in [3.05, 3.63) is 59.3 Å². The third kappa shape index (κ3) is 4.37. The molecule has 10 heteroatoms. The van der Waals surface area contributed by atoms with Crippen LogP contribution in [0.25, 0.3) is 0 Å². The molecule has 4 rings (SSSR count). The summed E-state index contributed by atoms with van der Waals surface area (Å²) in [6, 6.07) is 3.34. The number of rotatable bonds is 6. The summed E-state index contributed by atoms with van der Waals surface area (Å²) in [5.41, 5.74) is 0.620. The Bertz CT molecular complexity index is 923. The number of alkyl halides is 3. The number of ether oxygens (including phenoxy) is 1. The van der Waals surface area contributed by atoms with Gasteiger partial charge in [0.1, 0.15) is 0 Å². The lowest BCUT2D eigenvalue weighted by Crippen LogP contribution is -2.47. The summed E-state index contributed by atoms with van der Waals surface area (Å²) in [5.74, 6) is -0.216. The van der Waals surface area contributed by atoms with Gasteiger partial charge in [0.15, 0.2) is 0 Å². The molecule has 1 saturated heterocycles. The first-order valence-electron chi connectivity index (χ1n) is 10.5. The maximum absolute atomic E-state index is 13.3. The fraction of sp³-hybridized carbons (Fsp3) is 0.455. The lowest BCUT2D eigenvalue weighted by molar-refractivity contribution is -0.137. The Morgan fingerprint density at radius 1 is 1.12 bits per heavy atom. The molecule has 0 saturated carbocycles. The Morgan fingerprint density at radius 2 is 1.81 bits per heavy atom. The number of urea groups is 1. The van der Waals surface area contributed by atoms with Gasteiger partial charge in [0.05, 0.1) is 42.6 Å². The second-order valence-electron chi connectivity index (χ2n) is 7.94. The zero-order chi connectivity index (χ0) is 22.9. The molecule has 1 N–H and O–H groups in total. The second kappa shape index (κ2) is 8.95. The predicted octanol–water partition coefficient (Wildman–Crippen LogP) is 2.39. The minimum Gasteiger partial charge on any atom is -0.379 e. The summed E-state index contributed by atoms with van der Waals surface area (Å²) in [6.45, 7) is 8.27. The zero-order valence-corrected chi connectivity index (χ0v) is 17.5. The molecule has 0 aliphatic carbocycles. The zero-order valence-electron chi connectivity index (χ0n) is 17.5. The SMILES string of the molecule is C=CCN1C(=O)NC(c2ccc(C(F)(F)F)cc2)C2=C1CN(CCN1CCOCC1)C2=O. The molecule has 3 heterocycles. The van der Waals surface area contributed by atoms with Gasteiger partial charge in [0.25, 0.3) is 5.91 Å². The average molecular weight is 450 g/mol. The van der Waals surface area contributed by atoms with Crippen LogP contribution in [0.2, 0.25) is 0 Å². The second-order valence-corrected chi connectivity index (χ2v) is 7.94. The third-order valence-electron chi connectivity index (χ3n) is 5.97. The van der Waals surface area contributed by atoms with Crippen LogP contribution in [0.1, 0.15) is 17.2 Å². The summed E-state index contributed by atoms with van der Waals surface area (Å²) >= 11 is 0. The van der Waals surface area contributed by atoms with E-state index in [1.807, 2.05) is 0 Å². The summed E-state index contributed by atoms with van der Waals surface area (Å²) < 4.78 is 44.2. The fourth-order valence-corrected chi connectivity index (χ4v) is 4.25. The van der Waals surface area contributed by atoms with Crippen molar-refractivity contribution in [3.8, 4) is 0 Å². The van der Waals surface area contributed by atoms with Crippen LogP contribution in [0.15, 0.2) is 48.2 Å². The Morgan fingerprint density at radius 3 is 2.44 bits per heavy atom. The maximum Gasteiger partial charge on any atom is 0.416 e. The van der Waals surface area contributed by atoms with Gasteiger partial charge in [0.2, 0.25) is 0 Å². The fourth-order valence-electron chi connectivity index (χ4n) is 4.25. The van der Waals surface area contributed by atoms with Gasteiger partial charge >= 0.3 is 12.2 Å². The van der Waals surface area contributed by atoms with Gasteiger partial charge in [-0.3, -0.25) is 14.6 Å². The molecule has 3 amide bonds. The number of hydrogen-bond donors (Lipinski definition) is 1. The molecule has 1 fully saturated rings. The third-order valence-corrected chi connectivity index (χ3v) is 5.97. The predicted molar refractivity (Wildman–Crippen MR) is 110 cm³/mol. The van der Waals surface area contributed by atoms with Gasteiger partial charge in [0, 0.05) is 32.7 Å². The molecule has 3 aliphatic heterocycles. The lowest BCUT2D eigenvalue weighted by Gasteiger charge is -2.33. The van der Waals surface area contributed by atoms with Crippen LogP contribution in [0.5, 0.6) is 0 Å². The van der Waals surface area contributed by atoms with Crippen LogP contribution >= 0.6 is 0 Å². The first kappa shape index (κ1) is 22.3. The van der Waals surface area contributed by atoms with E-state index < -0.39 is 23.8 Å². The van der Waals surface area contributed by atoms with E-state index >= 15 is 0 Å². The smallest absolute Gasteiger partial charge is 0.379 e. The van der Waals surface area contributed by atoms with Crippen molar-refractivity contribution in [3.63, 3.8) is 0 Å². The van der Waals surface area contributed by atoms with E-state index in [4.69, 9.17) is 4.74 Å². The van der Waals surface area contributed by atoms with Gasteiger partial charge in [-0.05, 0) is 17.7 Å². The molecular formula is C22H25F3N4O3. The minimum atomic E-state index is -4.46. The topological polar surface area (TPSA) is 65.1 Å². The molecule has 1 unspecified atom stereocenters. The number of hydrogen-bond acceptors (Lipinski definition) is 4. The Labute approximate surface area is 184 Å². The number of carbonyl (C=O) groups is 2. The van der Waals surface area contributed by atoms with Gasteiger partial charge < -0.3 is 15.0 Å². The highest BCUT2D eigenvalue weighted by Gasteiger charge is 2.43. The quantitative estimate of drug-likeness (QED) is 0.676. The monoisotopic (exact) mass is 450 g/mol. The van der Waals surface area contributed by atoms with E-state index in [1.165, 1.54) is 17.0 Å². The lowest BCUT2D eigenvalue weighted by atomic mass is 9.94. The molecular weight excluding hydrogens is 425 g/mol. The highest BCUT2D eigenvalue weighted by Crippen LogP contribution is 2.37. The number of amides is 3. The number of halogens is 3. The number of nitrogens with zero attached hydrogens (tertiary/aromatic N) is 3. The molecule has 0 bridgehead atoms. The van der Waals surface area contributed by atoms with Crippen LogP contribution < -0.4 is 5.32 Å². The highest BCUT2D eigenvalue weighted by atomic mass is 19.4. The van der Waals surface area contributed by atoms with Gasteiger partial charge in [-0.2, -0.15) is 13.2 Å². The molecule has 32 heavy (non-hydrogen) atoms. The maximum atomic E-state index is 13.3. The van der Waals surface area contributed by atoms with Gasteiger partial charge in [-0.15, -0.1) is 6.58 Å². The summed E-state index contributed by atoms with van der Waals surface area (Å²) in [5, 5.41) is 2.78. The summed E-state index contributed by atoms with van der Waals surface area (Å²) in [7, 11) is 0. The van der Waals surface area contributed by atoms with Crippen LogP contribution in [0.4, 0.5) is 18.0 Å². The van der Waals surface area contributed by atoms with Crippen molar-refractivity contribution in [2.45, 2.75) is 12.2 Å². The largest absolute Gasteiger partial charge is 0.416 e. The molecule has 3 aliphatic rings. The van der Waals surface area contributed by atoms with Crippen molar-refractivity contribution in [1.29, 1.82) is 0 Å². The molecule has 7 nitrogen and oxygen atoms in total. The van der Waals surface area contributed by atoms with E-state index in [2.05, 4.69) is 16.8 Å². The molecule has 1 aromatic rings. The molecule has 0 aromatic heterocycles. The summed E-state index contributed by atoms with van der Waals surface area (Å²) in [6.07, 6.45) is -2.89. The van der Waals surface area contributed by atoms with E-state index in [0.29, 0.717) is 43.1 Å². The first-order chi connectivity index (χ1) is 15.3. The highest BCUT2D eigenvalue weighted by molar-refractivity contribution is 6.01. The number of morpholine rings is 1. The molecule has 172 valence electrons. The number of carbonyl (C=O) groups excluding carboxylic acids is 2. The average Bonchev–Trinajstić information content (AvgIpc) is 3.10. The Kier molecular flexibility index (Phi) is 6.25. The van der Waals surface area contributed by atoms with E-state index in [9.17, 15) is 22.8 Å². The summed E-state index contributed by atoms with van der Waals surface area (Å²) in [4.78, 5) is 31.4. The van der Waals surface area contributed by atoms with Crippen LogP contribution in [0, 0.1) is 0 Å². The van der Waals surface area contributed by atoms with Crippen molar-refractivity contribution in [2.75, 3.05) is 52.5 Å². The van der Waals surface area contributed by atoms with Crippen molar-refractivity contribution < 1.29 is 27.5 Å². The van der Waals surface area contributed by atoms with E-state index in [0.717, 1.165) is 25.2 Å². The first-order valence-corrected chi connectivity index (χ1v) is 10.5. The number of benzene rings is 1. The molecule has 1 atom stereocenters. The van der Waals surface area contributed by atoms with Crippen molar-refractivity contribution >= 4 is 11.9 Å². The van der Waals surface area contributed by atoms with Crippen molar-refractivity contribution in [1.82, 2.24) is 20.0 Å². The normalized spacial score (nSPS) is 22.3. The van der Waals surface area contributed by atoms with E-state index in [-0.39, 0.29) is 19.0 Å². The molecule has 0 spiro atoms. The standard InChI is InChI=1S/C22H25F3N4O3/c1-2-7-29-17-14-28(9-8-27-10-12-32-13-11-27)20(30)18(17)19(26-21(29)31)15-3-5-16(6-4-15)22(23,24)25/h2-6,19H,1,7-14H2,(H,26,31). The molecule has 1 aromatic carbocycles. The van der Waals surface area contributed by atoms with Gasteiger partial charge in [-0.25, -0.2) is 4.79 Å². The van der Waals surface area contributed by atoms with Crippen molar-refractivity contribution in [2.24, 2.45) is 0 Å². The molecule has 0 radical (unpaired) electrons. The Hall–Kier alpha value is -2.85. The van der Waals surface area contributed by atoms with Crippen LogP contribution in [-0.2, 0) is 15.7 Å². The van der Waals surface area contributed by atoms with Gasteiger partial charge in [-0.1, -0.05) is 18.2 Å². The van der Waals surface area contributed by atoms with Crippen LogP contribution in [-0.4, -0.2) is 79.1 Å². The number of nitrogens with one attached hydrogen (secondary N) is 1. The Balaban J connectivity index is 1.59. The van der Waals surface area contributed by atoms with E-state index in [1.54, 1.807) is 11.0 Å². The van der Waals surface area contributed by atoms with Crippen LogP contribution in [0.3, 0.4) is 0 Å².